The van der Waals surface area contributed by atoms with Crippen LogP contribution in [-0.2, 0) is 0 Å². The Bertz CT molecular complexity index is 242. The third-order valence-corrected chi connectivity index (χ3v) is 7.19. The molecule has 0 amide bonds. The maximum absolute atomic E-state index is 3.82. The summed E-state index contributed by atoms with van der Waals surface area (Å²) >= 11 is 4.29. The number of hydrogen-bond acceptors (Lipinski definition) is 4. The maximum atomic E-state index is 3.82. The van der Waals surface area contributed by atoms with Crippen LogP contribution >= 0.6 is 23.5 Å². The summed E-state index contributed by atoms with van der Waals surface area (Å²) in [6.45, 7) is 9.84. The molecule has 2 saturated heterocycles. The lowest BCUT2D eigenvalue weighted by Gasteiger charge is -2.36. The highest BCUT2D eigenvalue weighted by Crippen LogP contribution is 2.24. The van der Waals surface area contributed by atoms with Crippen LogP contribution in [0.3, 0.4) is 0 Å². The number of thioether (sulfide) groups is 2. The van der Waals surface area contributed by atoms with Crippen molar-refractivity contribution in [1.82, 2.24) is 10.2 Å². The largest absolute Gasteiger partial charge is 0.313 e. The Kier molecular flexibility index (Phi) is 7.42. The van der Waals surface area contributed by atoms with Crippen molar-refractivity contribution < 1.29 is 0 Å². The molecule has 2 rings (SSSR count). The Labute approximate surface area is 127 Å². The highest BCUT2D eigenvalue weighted by molar-refractivity contribution is 8.06. The van der Waals surface area contributed by atoms with Crippen LogP contribution in [-0.4, -0.2) is 59.6 Å². The Morgan fingerprint density at radius 3 is 3.00 bits per heavy atom. The fourth-order valence-corrected chi connectivity index (χ4v) is 5.78. The Balaban J connectivity index is 1.67. The molecule has 2 aliphatic rings. The van der Waals surface area contributed by atoms with Crippen molar-refractivity contribution in [1.29, 1.82) is 0 Å². The summed E-state index contributed by atoms with van der Waals surface area (Å²) in [5.74, 6) is 4.91. The van der Waals surface area contributed by atoms with Gasteiger partial charge in [-0.25, -0.2) is 0 Å². The predicted molar refractivity (Wildman–Crippen MR) is 90.5 cm³/mol. The summed E-state index contributed by atoms with van der Waals surface area (Å²) in [7, 11) is 0. The van der Waals surface area contributed by atoms with Crippen molar-refractivity contribution in [2.24, 2.45) is 5.92 Å². The van der Waals surface area contributed by atoms with Crippen LogP contribution in [0.1, 0.15) is 33.1 Å². The van der Waals surface area contributed by atoms with Gasteiger partial charge >= 0.3 is 0 Å². The van der Waals surface area contributed by atoms with Gasteiger partial charge in [-0.2, -0.15) is 23.5 Å². The van der Waals surface area contributed by atoms with E-state index in [1.807, 2.05) is 0 Å². The lowest BCUT2D eigenvalue weighted by molar-refractivity contribution is 0.151. The molecule has 19 heavy (non-hydrogen) atoms. The van der Waals surface area contributed by atoms with Crippen LogP contribution in [0.2, 0.25) is 0 Å². The van der Waals surface area contributed by atoms with Crippen molar-refractivity contribution in [3.8, 4) is 0 Å². The molecule has 4 heteroatoms. The van der Waals surface area contributed by atoms with Crippen molar-refractivity contribution in [2.75, 3.05) is 43.4 Å². The predicted octanol–water partition coefficient (Wildman–Crippen LogP) is 2.94. The lowest BCUT2D eigenvalue weighted by Crippen LogP contribution is -2.46. The zero-order valence-electron chi connectivity index (χ0n) is 12.6. The van der Waals surface area contributed by atoms with E-state index in [0.29, 0.717) is 6.04 Å². The molecule has 2 heterocycles. The van der Waals surface area contributed by atoms with Gasteiger partial charge in [-0.1, -0.05) is 6.92 Å². The average Bonchev–Trinajstić information content (AvgIpc) is 2.46. The van der Waals surface area contributed by atoms with E-state index in [1.54, 1.807) is 0 Å². The molecule has 0 radical (unpaired) electrons. The minimum Gasteiger partial charge on any atom is -0.313 e. The quantitative estimate of drug-likeness (QED) is 0.811. The number of piperidine rings is 1. The maximum Gasteiger partial charge on any atom is 0.0263 e. The van der Waals surface area contributed by atoms with E-state index in [0.717, 1.165) is 11.2 Å². The number of nitrogens with one attached hydrogen (secondary N) is 1. The first-order valence-corrected chi connectivity index (χ1v) is 10.1. The van der Waals surface area contributed by atoms with Crippen molar-refractivity contribution in [2.45, 2.75) is 44.4 Å². The molecule has 3 atom stereocenters. The zero-order valence-corrected chi connectivity index (χ0v) is 14.2. The van der Waals surface area contributed by atoms with Crippen molar-refractivity contribution >= 4 is 23.5 Å². The second kappa shape index (κ2) is 8.81. The second-order valence-electron chi connectivity index (χ2n) is 5.97. The Hall–Kier alpha value is 0.620. The molecular weight excluding hydrogens is 272 g/mol. The van der Waals surface area contributed by atoms with E-state index >= 15 is 0 Å². The summed E-state index contributed by atoms with van der Waals surface area (Å²) in [6, 6.07) is 0.687. The van der Waals surface area contributed by atoms with Crippen LogP contribution in [0, 0.1) is 5.92 Å². The molecule has 0 bridgehead atoms. The summed E-state index contributed by atoms with van der Waals surface area (Å²) in [5, 5.41) is 4.67. The highest BCUT2D eigenvalue weighted by Gasteiger charge is 2.24. The number of nitrogens with zero attached hydrogens (tertiary/aromatic N) is 1. The van der Waals surface area contributed by atoms with Crippen LogP contribution in [0.5, 0.6) is 0 Å². The molecule has 3 unspecified atom stereocenters. The van der Waals surface area contributed by atoms with Gasteiger partial charge in [0.15, 0.2) is 0 Å². The van der Waals surface area contributed by atoms with Gasteiger partial charge < -0.3 is 10.2 Å². The standard InChI is InChI=1S/C15H30N2S2/c1-3-6-17-7-4-5-14(11-17)13(2)16-10-15-12-18-8-9-19-15/h13-16H,3-12H2,1-2H3. The molecule has 0 saturated carbocycles. The SMILES string of the molecule is CCCN1CCCC(C(C)NCC2CSCCS2)C1. The zero-order chi connectivity index (χ0) is 13.5. The fourth-order valence-electron chi connectivity index (χ4n) is 3.16. The van der Waals surface area contributed by atoms with Gasteiger partial charge in [0.25, 0.3) is 0 Å². The van der Waals surface area contributed by atoms with E-state index in [1.165, 1.54) is 62.7 Å². The summed E-state index contributed by atoms with van der Waals surface area (Å²) in [6.07, 6.45) is 4.11. The molecule has 0 aromatic heterocycles. The molecular formula is C15H30N2S2. The van der Waals surface area contributed by atoms with Crippen LogP contribution < -0.4 is 5.32 Å². The van der Waals surface area contributed by atoms with E-state index in [4.69, 9.17) is 0 Å². The first-order chi connectivity index (χ1) is 9.29. The van der Waals surface area contributed by atoms with Gasteiger partial charge in [-0.3, -0.25) is 0 Å². The molecule has 0 aromatic rings. The topological polar surface area (TPSA) is 15.3 Å². The molecule has 0 aromatic carbocycles. The Morgan fingerprint density at radius 2 is 2.26 bits per heavy atom. The summed E-state index contributed by atoms with van der Waals surface area (Å²) < 4.78 is 0. The first-order valence-electron chi connectivity index (χ1n) is 7.94. The van der Waals surface area contributed by atoms with Crippen LogP contribution in [0.4, 0.5) is 0 Å². The van der Waals surface area contributed by atoms with E-state index in [9.17, 15) is 0 Å². The normalized spacial score (nSPS) is 31.3. The third kappa shape index (κ3) is 5.49. The molecule has 1 N–H and O–H groups in total. The van der Waals surface area contributed by atoms with E-state index in [-0.39, 0.29) is 0 Å². The van der Waals surface area contributed by atoms with Gasteiger partial charge in [-0.15, -0.1) is 0 Å². The first kappa shape index (κ1) is 16.0. The van der Waals surface area contributed by atoms with Gasteiger partial charge in [0.05, 0.1) is 0 Å². The van der Waals surface area contributed by atoms with Crippen molar-refractivity contribution in [3.63, 3.8) is 0 Å². The van der Waals surface area contributed by atoms with Crippen molar-refractivity contribution in [3.05, 3.63) is 0 Å². The molecule has 112 valence electrons. The average molecular weight is 303 g/mol. The molecule has 2 aliphatic heterocycles. The number of hydrogen-bond donors (Lipinski definition) is 1. The minimum absolute atomic E-state index is 0.687. The van der Waals surface area contributed by atoms with E-state index < -0.39 is 0 Å². The lowest BCUT2D eigenvalue weighted by atomic mass is 9.91. The van der Waals surface area contributed by atoms with Crippen LogP contribution in [0.25, 0.3) is 0 Å². The molecule has 0 aliphatic carbocycles. The third-order valence-electron chi connectivity index (χ3n) is 4.34. The van der Waals surface area contributed by atoms with Gasteiger partial charge in [-0.05, 0) is 45.2 Å². The van der Waals surface area contributed by atoms with E-state index in [2.05, 4.69) is 47.6 Å². The Morgan fingerprint density at radius 1 is 1.37 bits per heavy atom. The smallest absolute Gasteiger partial charge is 0.0263 e. The summed E-state index contributed by atoms with van der Waals surface area (Å²) in [5.41, 5.74) is 0. The fraction of sp³-hybridized carbons (Fsp3) is 1.00. The summed E-state index contributed by atoms with van der Waals surface area (Å²) in [4.78, 5) is 2.66. The minimum atomic E-state index is 0.687. The molecule has 2 fully saturated rings. The van der Waals surface area contributed by atoms with Crippen LogP contribution in [0.15, 0.2) is 0 Å². The molecule has 0 spiro atoms. The number of rotatable bonds is 6. The van der Waals surface area contributed by atoms with Gasteiger partial charge in [0.1, 0.15) is 0 Å². The van der Waals surface area contributed by atoms with Gasteiger partial charge in [0, 0.05) is 41.6 Å². The monoisotopic (exact) mass is 302 g/mol. The second-order valence-corrected chi connectivity index (χ2v) is 8.53. The highest BCUT2D eigenvalue weighted by atomic mass is 32.2. The number of likely N-dealkylation sites (tertiary alicyclic amines) is 1. The van der Waals surface area contributed by atoms with Gasteiger partial charge in [0.2, 0.25) is 0 Å². The molecule has 2 nitrogen and oxygen atoms in total.